The number of aryl methyl sites for hydroxylation is 1. The maximum absolute atomic E-state index is 5.38. The van der Waals surface area contributed by atoms with Crippen molar-refractivity contribution in [1.82, 2.24) is 0 Å². The molecule has 1 atom stereocenters. The van der Waals surface area contributed by atoms with E-state index in [0.717, 1.165) is 11.7 Å². The Bertz CT molecular complexity index is 341. The fourth-order valence-electron chi connectivity index (χ4n) is 2.14. The zero-order chi connectivity index (χ0) is 12.8. The maximum Gasteiger partial charge on any atom is 0.122 e. The van der Waals surface area contributed by atoms with E-state index in [-0.39, 0.29) is 0 Å². The molecular formula is C16H26O. The summed E-state index contributed by atoms with van der Waals surface area (Å²) in [5.41, 5.74) is 2.61. The molecule has 1 unspecified atom stereocenters. The highest BCUT2D eigenvalue weighted by molar-refractivity contribution is 5.37. The van der Waals surface area contributed by atoms with Crippen molar-refractivity contribution in [2.45, 2.75) is 52.9 Å². The first-order valence-electron chi connectivity index (χ1n) is 6.69. The minimum absolute atomic E-state index is 0.628. The van der Waals surface area contributed by atoms with Crippen molar-refractivity contribution in [3.05, 3.63) is 29.3 Å². The van der Waals surface area contributed by atoms with E-state index < -0.39 is 0 Å². The van der Waals surface area contributed by atoms with Crippen LogP contribution in [0.4, 0.5) is 0 Å². The van der Waals surface area contributed by atoms with Crippen molar-refractivity contribution < 1.29 is 4.74 Å². The van der Waals surface area contributed by atoms with Gasteiger partial charge in [0.05, 0.1) is 7.11 Å². The normalized spacial score (nSPS) is 12.8. The number of hydrogen-bond acceptors (Lipinski definition) is 1. The van der Waals surface area contributed by atoms with Crippen LogP contribution in [-0.4, -0.2) is 7.11 Å². The van der Waals surface area contributed by atoms with Crippen LogP contribution < -0.4 is 4.74 Å². The van der Waals surface area contributed by atoms with Gasteiger partial charge in [-0.05, 0) is 42.4 Å². The number of rotatable bonds is 6. The van der Waals surface area contributed by atoms with Crippen LogP contribution in [0.25, 0.3) is 0 Å². The summed E-state index contributed by atoms with van der Waals surface area (Å²) < 4.78 is 5.38. The van der Waals surface area contributed by atoms with Gasteiger partial charge in [-0.1, -0.05) is 45.7 Å². The van der Waals surface area contributed by atoms with Gasteiger partial charge < -0.3 is 4.74 Å². The Hall–Kier alpha value is -0.980. The van der Waals surface area contributed by atoms with Gasteiger partial charge in [-0.2, -0.15) is 0 Å². The van der Waals surface area contributed by atoms with E-state index in [0.29, 0.717) is 5.92 Å². The molecule has 1 aromatic rings. The van der Waals surface area contributed by atoms with Crippen molar-refractivity contribution in [3.63, 3.8) is 0 Å². The smallest absolute Gasteiger partial charge is 0.122 e. The van der Waals surface area contributed by atoms with Gasteiger partial charge >= 0.3 is 0 Å². The van der Waals surface area contributed by atoms with Crippen LogP contribution in [0, 0.1) is 12.8 Å². The highest BCUT2D eigenvalue weighted by Crippen LogP contribution is 2.27. The minimum atomic E-state index is 0.628. The lowest BCUT2D eigenvalue weighted by Crippen LogP contribution is -1.97. The molecule has 0 aromatic heterocycles. The molecule has 0 saturated carbocycles. The average Bonchev–Trinajstić information content (AvgIpc) is 2.29. The van der Waals surface area contributed by atoms with Crippen LogP contribution in [0.15, 0.2) is 18.2 Å². The lowest BCUT2D eigenvalue weighted by Gasteiger charge is -2.15. The fraction of sp³-hybridized carbons (Fsp3) is 0.625. The maximum atomic E-state index is 5.38. The van der Waals surface area contributed by atoms with E-state index in [4.69, 9.17) is 4.74 Å². The van der Waals surface area contributed by atoms with E-state index in [9.17, 15) is 0 Å². The Kier molecular flexibility index (Phi) is 5.54. The second kappa shape index (κ2) is 6.68. The molecule has 0 spiro atoms. The van der Waals surface area contributed by atoms with Gasteiger partial charge in [0.2, 0.25) is 0 Å². The molecule has 1 nitrogen and oxygen atoms in total. The lowest BCUT2D eigenvalue weighted by atomic mass is 9.93. The van der Waals surface area contributed by atoms with E-state index >= 15 is 0 Å². The lowest BCUT2D eigenvalue weighted by molar-refractivity contribution is 0.410. The number of hydrogen-bond donors (Lipinski definition) is 0. The highest BCUT2D eigenvalue weighted by Gasteiger charge is 2.08. The Morgan fingerprint density at radius 1 is 1.12 bits per heavy atom. The molecule has 0 aliphatic rings. The standard InChI is InChI=1S/C16H26O/c1-12(2)7-6-8-13(3)15-10-9-14(4)16(11-15)17-5/h9-13H,6-8H2,1-5H3. The van der Waals surface area contributed by atoms with Crippen molar-refractivity contribution in [2.75, 3.05) is 7.11 Å². The summed E-state index contributed by atoms with van der Waals surface area (Å²) in [6.45, 7) is 8.98. The van der Waals surface area contributed by atoms with Gasteiger partial charge in [0, 0.05) is 0 Å². The predicted molar refractivity (Wildman–Crippen MR) is 74.8 cm³/mol. The minimum Gasteiger partial charge on any atom is -0.496 e. The summed E-state index contributed by atoms with van der Waals surface area (Å²) >= 11 is 0. The molecule has 96 valence electrons. The molecule has 17 heavy (non-hydrogen) atoms. The Morgan fingerprint density at radius 3 is 2.41 bits per heavy atom. The number of benzene rings is 1. The van der Waals surface area contributed by atoms with E-state index in [1.807, 2.05) is 0 Å². The monoisotopic (exact) mass is 234 g/mol. The van der Waals surface area contributed by atoms with Crippen LogP contribution >= 0.6 is 0 Å². The molecule has 0 fully saturated rings. The van der Waals surface area contributed by atoms with Gasteiger partial charge in [0.1, 0.15) is 5.75 Å². The molecule has 0 radical (unpaired) electrons. The summed E-state index contributed by atoms with van der Waals surface area (Å²) in [7, 11) is 1.75. The summed E-state index contributed by atoms with van der Waals surface area (Å²) in [5, 5.41) is 0. The summed E-state index contributed by atoms with van der Waals surface area (Å²) in [6.07, 6.45) is 3.91. The molecular weight excluding hydrogens is 208 g/mol. The second-order valence-corrected chi connectivity index (χ2v) is 5.45. The van der Waals surface area contributed by atoms with Gasteiger partial charge in [-0.15, -0.1) is 0 Å². The zero-order valence-corrected chi connectivity index (χ0v) is 11.9. The molecule has 1 aromatic carbocycles. The average molecular weight is 234 g/mol. The SMILES string of the molecule is COc1cc(C(C)CCCC(C)C)ccc1C. The quantitative estimate of drug-likeness (QED) is 0.678. The molecule has 0 aliphatic heterocycles. The fourth-order valence-corrected chi connectivity index (χ4v) is 2.14. The molecule has 0 aliphatic carbocycles. The highest BCUT2D eigenvalue weighted by atomic mass is 16.5. The molecule has 1 rings (SSSR count). The van der Waals surface area contributed by atoms with Crippen molar-refractivity contribution in [3.8, 4) is 5.75 Å². The van der Waals surface area contributed by atoms with Gasteiger partial charge in [-0.25, -0.2) is 0 Å². The second-order valence-electron chi connectivity index (χ2n) is 5.45. The summed E-state index contributed by atoms with van der Waals surface area (Å²) in [6, 6.07) is 6.58. The Morgan fingerprint density at radius 2 is 1.82 bits per heavy atom. The first kappa shape index (κ1) is 14.1. The molecule has 0 saturated heterocycles. The van der Waals surface area contributed by atoms with Crippen molar-refractivity contribution in [1.29, 1.82) is 0 Å². The molecule has 0 N–H and O–H groups in total. The first-order chi connectivity index (χ1) is 8.04. The van der Waals surface area contributed by atoms with E-state index in [1.54, 1.807) is 7.11 Å². The third-order valence-corrected chi connectivity index (χ3v) is 3.42. The van der Waals surface area contributed by atoms with Gasteiger partial charge in [0.25, 0.3) is 0 Å². The molecule has 0 heterocycles. The Balaban J connectivity index is 2.59. The Labute approximate surface area is 106 Å². The third kappa shape index (κ3) is 4.41. The third-order valence-electron chi connectivity index (χ3n) is 3.42. The van der Waals surface area contributed by atoms with Gasteiger partial charge in [0.15, 0.2) is 0 Å². The van der Waals surface area contributed by atoms with Crippen LogP contribution in [0.5, 0.6) is 5.75 Å². The number of ether oxygens (including phenoxy) is 1. The molecule has 0 bridgehead atoms. The first-order valence-corrected chi connectivity index (χ1v) is 6.69. The van der Waals surface area contributed by atoms with E-state index in [1.165, 1.54) is 30.4 Å². The topological polar surface area (TPSA) is 9.23 Å². The molecule has 0 amide bonds. The van der Waals surface area contributed by atoms with Crippen molar-refractivity contribution >= 4 is 0 Å². The largest absolute Gasteiger partial charge is 0.496 e. The van der Waals surface area contributed by atoms with Gasteiger partial charge in [-0.3, -0.25) is 0 Å². The van der Waals surface area contributed by atoms with Crippen LogP contribution in [0.1, 0.15) is 57.1 Å². The van der Waals surface area contributed by atoms with Crippen LogP contribution in [0.2, 0.25) is 0 Å². The molecule has 1 heteroatoms. The van der Waals surface area contributed by atoms with E-state index in [2.05, 4.69) is 45.9 Å². The summed E-state index contributed by atoms with van der Waals surface area (Å²) in [4.78, 5) is 0. The van der Waals surface area contributed by atoms with Crippen LogP contribution in [0.3, 0.4) is 0 Å². The van der Waals surface area contributed by atoms with Crippen LogP contribution in [-0.2, 0) is 0 Å². The summed E-state index contributed by atoms with van der Waals surface area (Å²) in [5.74, 6) is 2.45. The predicted octanol–water partition coefficient (Wildman–Crippen LogP) is 4.93. The van der Waals surface area contributed by atoms with Crippen molar-refractivity contribution in [2.24, 2.45) is 5.92 Å². The number of methoxy groups -OCH3 is 1. The zero-order valence-electron chi connectivity index (χ0n) is 11.9.